The van der Waals surface area contributed by atoms with Crippen LogP contribution in [0.15, 0.2) is 48.5 Å². The van der Waals surface area contributed by atoms with E-state index >= 15 is 0 Å². The van der Waals surface area contributed by atoms with Gasteiger partial charge in [-0.25, -0.2) is 0 Å². The molecule has 0 amide bonds. The Kier molecular flexibility index (Phi) is 3.60. The Morgan fingerprint density at radius 1 is 0.688 bits per heavy atom. The standard InChI is InChI=1S/C12H8Cl2OP/c13-9-1-5-11(6-2-9)16(15)12-7-3-10(14)4-8-12/h1-8H/q+1. The van der Waals surface area contributed by atoms with Crippen molar-refractivity contribution in [1.82, 2.24) is 0 Å². The van der Waals surface area contributed by atoms with Crippen LogP contribution in [0.1, 0.15) is 0 Å². The quantitative estimate of drug-likeness (QED) is 0.759. The average molecular weight is 270 g/mol. The maximum absolute atomic E-state index is 12.1. The van der Waals surface area contributed by atoms with Gasteiger partial charge in [-0.05, 0) is 48.5 Å². The minimum absolute atomic E-state index is 0.642. The topological polar surface area (TPSA) is 17.1 Å². The Morgan fingerprint density at radius 2 is 1.00 bits per heavy atom. The lowest BCUT2D eigenvalue weighted by molar-refractivity contribution is 0.598. The molecule has 16 heavy (non-hydrogen) atoms. The summed E-state index contributed by atoms with van der Waals surface area (Å²) in [7, 11) is -1.56. The SMILES string of the molecule is O=[P+](c1ccc(Cl)cc1)c1ccc(Cl)cc1. The molecule has 0 aliphatic carbocycles. The van der Waals surface area contributed by atoms with Crippen molar-refractivity contribution in [2.45, 2.75) is 0 Å². The predicted molar refractivity (Wildman–Crippen MR) is 69.8 cm³/mol. The summed E-state index contributed by atoms with van der Waals surface area (Å²) in [4.78, 5) is 0. The van der Waals surface area contributed by atoms with Gasteiger partial charge in [0.1, 0.15) is 0 Å². The van der Waals surface area contributed by atoms with E-state index in [1.807, 2.05) is 0 Å². The maximum atomic E-state index is 12.1. The van der Waals surface area contributed by atoms with E-state index in [1.165, 1.54) is 0 Å². The fraction of sp³-hybridized carbons (Fsp3) is 0. The molecule has 2 aromatic carbocycles. The molecule has 0 aliphatic heterocycles. The van der Waals surface area contributed by atoms with Crippen LogP contribution in [0.3, 0.4) is 0 Å². The first-order valence-electron chi connectivity index (χ1n) is 4.65. The molecule has 2 rings (SSSR count). The molecule has 0 radical (unpaired) electrons. The third-order valence-corrected chi connectivity index (χ3v) is 4.16. The zero-order valence-corrected chi connectivity index (χ0v) is 10.6. The predicted octanol–water partition coefficient (Wildman–Crippen LogP) is 3.77. The van der Waals surface area contributed by atoms with Crippen LogP contribution < -0.4 is 10.6 Å². The number of halogens is 2. The van der Waals surface area contributed by atoms with Crippen LogP contribution in [0, 0.1) is 0 Å². The number of hydrogen-bond donors (Lipinski definition) is 0. The van der Waals surface area contributed by atoms with E-state index < -0.39 is 7.80 Å². The van der Waals surface area contributed by atoms with Gasteiger partial charge in [-0.3, -0.25) is 0 Å². The van der Waals surface area contributed by atoms with E-state index in [0.29, 0.717) is 10.0 Å². The van der Waals surface area contributed by atoms with Gasteiger partial charge in [0.15, 0.2) is 10.6 Å². The van der Waals surface area contributed by atoms with Gasteiger partial charge >= 0.3 is 7.80 Å². The van der Waals surface area contributed by atoms with Gasteiger partial charge in [-0.1, -0.05) is 27.8 Å². The van der Waals surface area contributed by atoms with E-state index in [0.717, 1.165) is 10.6 Å². The van der Waals surface area contributed by atoms with E-state index in [4.69, 9.17) is 23.2 Å². The van der Waals surface area contributed by atoms with Crippen LogP contribution >= 0.6 is 31.0 Å². The average Bonchev–Trinajstić information content (AvgIpc) is 2.30. The van der Waals surface area contributed by atoms with Gasteiger partial charge in [0.25, 0.3) is 0 Å². The van der Waals surface area contributed by atoms with Gasteiger partial charge in [0.05, 0.1) is 0 Å². The van der Waals surface area contributed by atoms with Crippen LogP contribution in [0.5, 0.6) is 0 Å². The van der Waals surface area contributed by atoms with Crippen molar-refractivity contribution in [3.63, 3.8) is 0 Å². The van der Waals surface area contributed by atoms with E-state index in [-0.39, 0.29) is 0 Å². The van der Waals surface area contributed by atoms with Crippen molar-refractivity contribution in [2.75, 3.05) is 0 Å². The highest BCUT2D eigenvalue weighted by atomic mass is 35.5. The Morgan fingerprint density at radius 3 is 1.31 bits per heavy atom. The van der Waals surface area contributed by atoms with E-state index in [9.17, 15) is 4.57 Å². The second-order valence-electron chi connectivity index (χ2n) is 3.25. The molecule has 1 nitrogen and oxygen atoms in total. The zero-order valence-electron chi connectivity index (χ0n) is 8.23. The summed E-state index contributed by atoms with van der Waals surface area (Å²) >= 11 is 11.5. The molecule has 0 atom stereocenters. The smallest absolute Gasteiger partial charge is 0.0843 e. The van der Waals surface area contributed by atoms with Gasteiger partial charge in [-0.2, -0.15) is 0 Å². The summed E-state index contributed by atoms with van der Waals surface area (Å²) in [6.07, 6.45) is 0. The second-order valence-corrected chi connectivity index (χ2v) is 5.74. The van der Waals surface area contributed by atoms with Crippen molar-refractivity contribution >= 4 is 41.6 Å². The van der Waals surface area contributed by atoms with Crippen LogP contribution in [0.25, 0.3) is 0 Å². The van der Waals surface area contributed by atoms with Crippen LogP contribution in [-0.2, 0) is 4.57 Å². The molecule has 0 saturated heterocycles. The minimum atomic E-state index is -1.56. The van der Waals surface area contributed by atoms with Crippen molar-refractivity contribution in [1.29, 1.82) is 0 Å². The lowest BCUT2D eigenvalue weighted by Crippen LogP contribution is -2.05. The molecular weight excluding hydrogens is 262 g/mol. The first-order chi connectivity index (χ1) is 7.66. The van der Waals surface area contributed by atoms with Crippen molar-refractivity contribution < 1.29 is 4.57 Å². The largest absolute Gasteiger partial charge is 0.415 e. The van der Waals surface area contributed by atoms with Gasteiger partial charge in [-0.15, -0.1) is 0 Å². The van der Waals surface area contributed by atoms with Gasteiger partial charge < -0.3 is 0 Å². The molecule has 2 aromatic rings. The first-order valence-corrected chi connectivity index (χ1v) is 6.67. The highest BCUT2D eigenvalue weighted by molar-refractivity contribution is 7.61. The molecule has 0 heterocycles. The molecular formula is C12H8Cl2OP+. The third kappa shape index (κ3) is 2.62. The Hall–Kier alpha value is -0.880. The highest BCUT2D eigenvalue weighted by Crippen LogP contribution is 2.21. The lowest BCUT2D eigenvalue weighted by Gasteiger charge is -1.91. The summed E-state index contributed by atoms with van der Waals surface area (Å²) in [5.41, 5.74) is 0. The first kappa shape index (κ1) is 11.6. The molecule has 80 valence electrons. The maximum Gasteiger partial charge on any atom is 0.415 e. The Bertz CT molecular complexity index is 458. The number of hydrogen-bond acceptors (Lipinski definition) is 1. The summed E-state index contributed by atoms with van der Waals surface area (Å²) in [6.45, 7) is 0. The van der Waals surface area contributed by atoms with Gasteiger partial charge in [0.2, 0.25) is 0 Å². The summed E-state index contributed by atoms with van der Waals surface area (Å²) in [5, 5.41) is 2.81. The molecule has 0 N–H and O–H groups in total. The third-order valence-electron chi connectivity index (χ3n) is 2.12. The monoisotopic (exact) mass is 269 g/mol. The van der Waals surface area contributed by atoms with E-state index in [1.54, 1.807) is 48.5 Å². The zero-order chi connectivity index (χ0) is 11.5. The fourth-order valence-electron chi connectivity index (χ4n) is 1.30. The summed E-state index contributed by atoms with van der Waals surface area (Å²) in [5.74, 6) is 0. The van der Waals surface area contributed by atoms with Crippen molar-refractivity contribution in [2.24, 2.45) is 0 Å². The Balaban J connectivity index is 2.32. The fourth-order valence-corrected chi connectivity index (χ4v) is 2.69. The van der Waals surface area contributed by atoms with Crippen LogP contribution in [0.2, 0.25) is 10.0 Å². The van der Waals surface area contributed by atoms with Crippen LogP contribution in [0.4, 0.5) is 0 Å². The summed E-state index contributed by atoms with van der Waals surface area (Å²) in [6, 6.07) is 14.0. The molecule has 0 saturated carbocycles. The van der Waals surface area contributed by atoms with E-state index in [2.05, 4.69) is 0 Å². The van der Waals surface area contributed by atoms with Crippen LogP contribution in [-0.4, -0.2) is 0 Å². The molecule has 0 spiro atoms. The number of benzene rings is 2. The molecule has 0 aromatic heterocycles. The minimum Gasteiger partial charge on any atom is -0.0843 e. The lowest BCUT2D eigenvalue weighted by atomic mass is 10.4. The summed E-state index contributed by atoms with van der Waals surface area (Å²) < 4.78 is 12.1. The highest BCUT2D eigenvalue weighted by Gasteiger charge is 2.22. The normalized spacial score (nSPS) is 10.1. The molecule has 0 aliphatic rings. The molecule has 0 bridgehead atoms. The molecule has 0 fully saturated rings. The number of rotatable bonds is 2. The van der Waals surface area contributed by atoms with Gasteiger partial charge in [0, 0.05) is 10.0 Å². The van der Waals surface area contributed by atoms with Crippen molar-refractivity contribution in [3.05, 3.63) is 58.6 Å². The Labute approximate surface area is 105 Å². The van der Waals surface area contributed by atoms with Crippen molar-refractivity contribution in [3.8, 4) is 0 Å². The second kappa shape index (κ2) is 4.97. The molecule has 0 unspecified atom stereocenters. The molecule has 4 heteroatoms.